The second-order valence-corrected chi connectivity index (χ2v) is 5.95. The molecule has 4 N–H and O–H groups in total. The number of nitrogen functional groups attached to an aromatic ring is 1. The van der Waals surface area contributed by atoms with Crippen LogP contribution in [0.1, 0.15) is 29.4 Å². The molecule has 9 heteroatoms. The third-order valence-electron chi connectivity index (χ3n) is 3.12. The van der Waals surface area contributed by atoms with E-state index in [1.807, 2.05) is 18.2 Å². The van der Waals surface area contributed by atoms with Gasteiger partial charge in [0, 0.05) is 29.7 Å². The highest BCUT2D eigenvalue weighted by Gasteiger charge is 2.14. The van der Waals surface area contributed by atoms with Crippen LogP contribution in [-0.2, 0) is 6.54 Å². The first-order chi connectivity index (χ1) is 11.6. The number of hydrogen-bond donors (Lipinski definition) is 3. The normalized spacial score (nSPS) is 10.6. The second-order valence-electron chi connectivity index (χ2n) is 5.03. The van der Waals surface area contributed by atoms with Crippen molar-refractivity contribution < 1.29 is 14.2 Å². The quantitative estimate of drug-likeness (QED) is 0.551. The molecular weight excluding hydrogens is 378 g/mol. The van der Waals surface area contributed by atoms with Crippen LogP contribution in [0.3, 0.4) is 0 Å². The van der Waals surface area contributed by atoms with E-state index < -0.39 is 5.91 Å². The number of amides is 1. The van der Waals surface area contributed by atoms with E-state index in [1.54, 1.807) is 0 Å². The summed E-state index contributed by atoms with van der Waals surface area (Å²) in [7, 11) is 0. The maximum atomic E-state index is 11.8. The number of nitrogens with zero attached hydrogens (tertiary/aromatic N) is 2. The first kappa shape index (κ1) is 18.2. The molecule has 0 aliphatic rings. The van der Waals surface area contributed by atoms with E-state index in [4.69, 9.17) is 10.5 Å². The molecule has 0 aliphatic carbocycles. The van der Waals surface area contributed by atoms with E-state index in [9.17, 15) is 4.79 Å². The SMILES string of the molecule is CCCOc1ccc(Br)cc1CNCCNC(=O)c1nonc1N. The molecule has 0 radical (unpaired) electrons. The molecule has 0 spiro atoms. The summed E-state index contributed by atoms with van der Waals surface area (Å²) in [6, 6.07) is 5.91. The fourth-order valence-corrected chi connectivity index (χ4v) is 2.37. The summed E-state index contributed by atoms with van der Waals surface area (Å²) in [6.07, 6.45) is 0.953. The summed E-state index contributed by atoms with van der Waals surface area (Å²) in [4.78, 5) is 11.8. The Morgan fingerprint density at radius 1 is 1.38 bits per heavy atom. The van der Waals surface area contributed by atoms with Crippen molar-refractivity contribution in [3.8, 4) is 5.75 Å². The Bertz CT molecular complexity index is 677. The third kappa shape index (κ3) is 5.20. The highest BCUT2D eigenvalue weighted by atomic mass is 79.9. The summed E-state index contributed by atoms with van der Waals surface area (Å²) < 4.78 is 11.1. The molecule has 2 rings (SSSR count). The van der Waals surface area contributed by atoms with Crippen LogP contribution >= 0.6 is 15.9 Å². The fraction of sp³-hybridized carbons (Fsp3) is 0.400. The number of ether oxygens (including phenoxy) is 1. The number of carbonyl (C=O) groups is 1. The van der Waals surface area contributed by atoms with Crippen LogP contribution in [0, 0.1) is 0 Å². The Kier molecular flexibility index (Phi) is 7.01. The molecule has 8 nitrogen and oxygen atoms in total. The van der Waals surface area contributed by atoms with Crippen molar-refractivity contribution in [3.05, 3.63) is 33.9 Å². The average Bonchev–Trinajstić information content (AvgIpc) is 2.99. The van der Waals surface area contributed by atoms with Crippen molar-refractivity contribution in [2.75, 3.05) is 25.4 Å². The molecule has 0 atom stereocenters. The lowest BCUT2D eigenvalue weighted by Crippen LogP contribution is -2.32. The topological polar surface area (TPSA) is 115 Å². The zero-order valence-corrected chi connectivity index (χ0v) is 14.9. The van der Waals surface area contributed by atoms with Crippen LogP contribution in [0.5, 0.6) is 5.75 Å². The van der Waals surface area contributed by atoms with E-state index in [0.717, 1.165) is 22.2 Å². The molecular formula is C15H20BrN5O3. The number of nitrogens with one attached hydrogen (secondary N) is 2. The number of anilines is 1. The smallest absolute Gasteiger partial charge is 0.277 e. The molecule has 0 fully saturated rings. The van der Waals surface area contributed by atoms with Crippen molar-refractivity contribution in [2.45, 2.75) is 19.9 Å². The fourth-order valence-electron chi connectivity index (χ4n) is 1.96. The Labute approximate surface area is 148 Å². The van der Waals surface area contributed by atoms with E-state index in [0.29, 0.717) is 26.2 Å². The van der Waals surface area contributed by atoms with Gasteiger partial charge in [-0.3, -0.25) is 4.79 Å². The highest BCUT2D eigenvalue weighted by Crippen LogP contribution is 2.23. The molecule has 1 aromatic carbocycles. The molecule has 2 aromatic rings. The minimum atomic E-state index is -0.412. The molecule has 0 aliphatic heterocycles. The van der Waals surface area contributed by atoms with Gasteiger partial charge in [-0.15, -0.1) is 0 Å². The minimum Gasteiger partial charge on any atom is -0.493 e. The van der Waals surface area contributed by atoms with Crippen molar-refractivity contribution >= 4 is 27.7 Å². The average molecular weight is 398 g/mol. The molecule has 130 valence electrons. The lowest BCUT2D eigenvalue weighted by atomic mass is 10.2. The highest BCUT2D eigenvalue weighted by molar-refractivity contribution is 9.10. The van der Waals surface area contributed by atoms with Gasteiger partial charge in [-0.25, -0.2) is 4.63 Å². The number of rotatable bonds is 9. The lowest BCUT2D eigenvalue weighted by molar-refractivity contribution is 0.0944. The maximum absolute atomic E-state index is 11.8. The second kappa shape index (κ2) is 9.24. The predicted octanol–water partition coefficient (Wildman–Crippen LogP) is 1.72. The van der Waals surface area contributed by atoms with Crippen LogP contribution < -0.4 is 21.1 Å². The number of halogens is 1. The summed E-state index contributed by atoms with van der Waals surface area (Å²) in [5.41, 5.74) is 6.50. The monoisotopic (exact) mass is 397 g/mol. The number of carbonyl (C=O) groups excluding carboxylic acids is 1. The van der Waals surface area contributed by atoms with Crippen LogP contribution in [-0.4, -0.2) is 35.9 Å². The van der Waals surface area contributed by atoms with E-state index in [1.165, 1.54) is 0 Å². The van der Waals surface area contributed by atoms with Crippen molar-refractivity contribution in [1.82, 2.24) is 20.9 Å². The van der Waals surface area contributed by atoms with Crippen molar-refractivity contribution in [3.63, 3.8) is 0 Å². The van der Waals surface area contributed by atoms with E-state index in [2.05, 4.69) is 48.4 Å². The largest absolute Gasteiger partial charge is 0.493 e. The van der Waals surface area contributed by atoms with Gasteiger partial charge in [-0.1, -0.05) is 22.9 Å². The summed E-state index contributed by atoms with van der Waals surface area (Å²) in [5, 5.41) is 12.8. The minimum absolute atomic E-state index is 0.00255. The third-order valence-corrected chi connectivity index (χ3v) is 3.61. The van der Waals surface area contributed by atoms with Crippen LogP contribution in [0.4, 0.5) is 5.82 Å². The Morgan fingerprint density at radius 3 is 2.92 bits per heavy atom. The zero-order valence-electron chi connectivity index (χ0n) is 13.3. The Morgan fingerprint density at radius 2 is 2.21 bits per heavy atom. The zero-order chi connectivity index (χ0) is 17.4. The number of aromatic nitrogens is 2. The van der Waals surface area contributed by atoms with E-state index >= 15 is 0 Å². The van der Waals surface area contributed by atoms with Crippen LogP contribution in [0.25, 0.3) is 0 Å². The molecule has 0 bridgehead atoms. The molecule has 0 saturated carbocycles. The van der Waals surface area contributed by atoms with E-state index in [-0.39, 0.29) is 11.5 Å². The standard InChI is InChI=1S/C15H20BrN5O3/c1-2-7-23-12-4-3-11(16)8-10(12)9-18-5-6-19-15(22)13-14(17)21-24-20-13/h3-4,8,18H,2,5-7,9H2,1H3,(H2,17,21)(H,19,22). The maximum Gasteiger partial charge on any atom is 0.277 e. The van der Waals surface area contributed by atoms with Gasteiger partial charge in [0.15, 0.2) is 0 Å². The van der Waals surface area contributed by atoms with Gasteiger partial charge >= 0.3 is 0 Å². The van der Waals surface area contributed by atoms with Gasteiger partial charge in [0.1, 0.15) is 5.75 Å². The molecule has 1 heterocycles. The van der Waals surface area contributed by atoms with Gasteiger partial charge in [0.25, 0.3) is 5.91 Å². The summed E-state index contributed by atoms with van der Waals surface area (Å²) in [6.45, 7) is 4.37. The molecule has 1 amide bonds. The van der Waals surface area contributed by atoms with Crippen molar-refractivity contribution in [1.29, 1.82) is 0 Å². The number of benzene rings is 1. The van der Waals surface area contributed by atoms with Crippen LogP contribution in [0.2, 0.25) is 0 Å². The number of hydrogen-bond acceptors (Lipinski definition) is 7. The van der Waals surface area contributed by atoms with Crippen LogP contribution in [0.15, 0.2) is 27.3 Å². The lowest BCUT2D eigenvalue weighted by Gasteiger charge is -2.12. The molecule has 24 heavy (non-hydrogen) atoms. The van der Waals surface area contributed by atoms with Gasteiger partial charge in [0.05, 0.1) is 6.61 Å². The predicted molar refractivity (Wildman–Crippen MR) is 92.7 cm³/mol. The van der Waals surface area contributed by atoms with Gasteiger partial charge < -0.3 is 21.1 Å². The first-order valence-electron chi connectivity index (χ1n) is 7.60. The summed E-state index contributed by atoms with van der Waals surface area (Å²) >= 11 is 3.46. The molecule has 0 unspecified atom stereocenters. The van der Waals surface area contributed by atoms with Gasteiger partial charge in [-0.2, -0.15) is 0 Å². The number of nitrogens with two attached hydrogens (primary N) is 1. The van der Waals surface area contributed by atoms with Crippen molar-refractivity contribution in [2.24, 2.45) is 0 Å². The summed E-state index contributed by atoms with van der Waals surface area (Å²) in [5.74, 6) is 0.426. The molecule has 0 saturated heterocycles. The first-order valence-corrected chi connectivity index (χ1v) is 8.39. The Balaban J connectivity index is 1.77. The molecule has 1 aromatic heterocycles. The Hall–Kier alpha value is -2.13. The van der Waals surface area contributed by atoms with Gasteiger partial charge in [0.2, 0.25) is 11.5 Å². The van der Waals surface area contributed by atoms with Gasteiger partial charge in [-0.05, 0) is 34.9 Å².